The summed E-state index contributed by atoms with van der Waals surface area (Å²) < 4.78 is 5.75. The molecule has 1 N–H and O–H groups in total. The van der Waals surface area contributed by atoms with Gasteiger partial charge in [0.25, 0.3) is 0 Å². The van der Waals surface area contributed by atoms with Gasteiger partial charge in [0.1, 0.15) is 5.75 Å². The predicted molar refractivity (Wildman–Crippen MR) is 85.6 cm³/mol. The molecule has 2 aromatic rings. The third kappa shape index (κ3) is 4.95. The minimum Gasteiger partial charge on any atom is -0.491 e. The number of benzene rings is 2. The van der Waals surface area contributed by atoms with Crippen LogP contribution in [0.25, 0.3) is 0 Å². The molecule has 110 valence electrons. The van der Waals surface area contributed by atoms with Gasteiger partial charge in [-0.1, -0.05) is 43.3 Å². The van der Waals surface area contributed by atoms with Crippen LogP contribution in [0.4, 0.5) is 5.69 Å². The molecule has 3 nitrogen and oxygen atoms in total. The average molecular weight is 283 g/mol. The molecule has 1 atom stereocenters. The Morgan fingerprint density at radius 1 is 1.14 bits per heavy atom. The van der Waals surface area contributed by atoms with Crippen LogP contribution in [0.15, 0.2) is 54.6 Å². The second-order valence-corrected chi connectivity index (χ2v) is 5.08. The number of amides is 1. The largest absolute Gasteiger partial charge is 0.491 e. The number of nitrogens with one attached hydrogen (secondary N) is 1. The number of hydrogen-bond donors (Lipinski definition) is 1. The molecule has 0 saturated heterocycles. The van der Waals surface area contributed by atoms with E-state index in [1.165, 1.54) is 0 Å². The molecule has 0 saturated carbocycles. The second-order valence-electron chi connectivity index (χ2n) is 5.08. The van der Waals surface area contributed by atoms with Crippen molar-refractivity contribution in [3.05, 3.63) is 60.2 Å². The maximum Gasteiger partial charge on any atom is 0.228 e. The van der Waals surface area contributed by atoms with E-state index in [-0.39, 0.29) is 12.0 Å². The Hall–Kier alpha value is -2.29. The molecular weight excluding hydrogens is 262 g/mol. The van der Waals surface area contributed by atoms with E-state index in [0.717, 1.165) is 23.4 Å². The molecular formula is C18H21NO2. The number of anilines is 1. The van der Waals surface area contributed by atoms with Crippen molar-refractivity contribution in [2.24, 2.45) is 0 Å². The van der Waals surface area contributed by atoms with E-state index in [1.54, 1.807) is 0 Å². The molecule has 2 rings (SSSR count). The van der Waals surface area contributed by atoms with Gasteiger partial charge >= 0.3 is 0 Å². The minimum absolute atomic E-state index is 0.0260. The first-order valence-electron chi connectivity index (χ1n) is 7.28. The van der Waals surface area contributed by atoms with Crippen molar-refractivity contribution < 1.29 is 9.53 Å². The molecule has 0 spiro atoms. The first kappa shape index (κ1) is 15.1. The van der Waals surface area contributed by atoms with Gasteiger partial charge in [0.05, 0.1) is 12.5 Å². The lowest BCUT2D eigenvalue weighted by Gasteiger charge is -2.13. The van der Waals surface area contributed by atoms with Gasteiger partial charge in [-0.3, -0.25) is 4.79 Å². The molecule has 0 radical (unpaired) electrons. The van der Waals surface area contributed by atoms with Crippen molar-refractivity contribution in [1.82, 2.24) is 0 Å². The fraction of sp³-hybridized carbons (Fsp3) is 0.278. The summed E-state index contributed by atoms with van der Waals surface area (Å²) in [5.74, 6) is 0.753. The molecule has 0 heterocycles. The van der Waals surface area contributed by atoms with Crippen molar-refractivity contribution in [3.63, 3.8) is 0 Å². The second kappa shape index (κ2) is 7.48. The quantitative estimate of drug-likeness (QED) is 0.868. The van der Waals surface area contributed by atoms with Crippen LogP contribution < -0.4 is 10.1 Å². The van der Waals surface area contributed by atoms with Gasteiger partial charge < -0.3 is 10.1 Å². The number of carbonyl (C=O) groups is 1. The van der Waals surface area contributed by atoms with Gasteiger partial charge in [0.15, 0.2) is 0 Å². The minimum atomic E-state index is -0.0260. The monoisotopic (exact) mass is 283 g/mol. The summed E-state index contributed by atoms with van der Waals surface area (Å²) in [6.07, 6.45) is 1.49. The molecule has 0 aliphatic rings. The summed E-state index contributed by atoms with van der Waals surface area (Å²) in [4.78, 5) is 12.0. The zero-order valence-corrected chi connectivity index (χ0v) is 12.5. The molecule has 3 heteroatoms. The summed E-state index contributed by atoms with van der Waals surface area (Å²) >= 11 is 0. The van der Waals surface area contributed by atoms with E-state index < -0.39 is 0 Å². The molecule has 1 amide bonds. The summed E-state index contributed by atoms with van der Waals surface area (Å²) in [6, 6.07) is 17.2. The normalized spacial score (nSPS) is 11.7. The van der Waals surface area contributed by atoms with Crippen LogP contribution in [0.5, 0.6) is 5.75 Å². The maximum atomic E-state index is 12.0. The summed E-state index contributed by atoms with van der Waals surface area (Å²) in [6.45, 7) is 4.11. The lowest BCUT2D eigenvalue weighted by atomic mass is 10.1. The van der Waals surface area contributed by atoms with Crippen LogP contribution >= 0.6 is 0 Å². The first-order chi connectivity index (χ1) is 10.2. The lowest BCUT2D eigenvalue weighted by molar-refractivity contribution is -0.115. The third-order valence-corrected chi connectivity index (χ3v) is 3.24. The van der Waals surface area contributed by atoms with E-state index in [4.69, 9.17) is 4.74 Å². The SMILES string of the molecule is CC[C@H](C)Oc1cccc(NC(=O)Cc2ccccc2)c1. The third-order valence-electron chi connectivity index (χ3n) is 3.24. The van der Waals surface area contributed by atoms with Crippen molar-refractivity contribution in [3.8, 4) is 5.75 Å². The Bertz CT molecular complexity index is 581. The van der Waals surface area contributed by atoms with Gasteiger partial charge in [-0.2, -0.15) is 0 Å². The van der Waals surface area contributed by atoms with Gasteiger partial charge in [-0.15, -0.1) is 0 Å². The van der Waals surface area contributed by atoms with Crippen molar-refractivity contribution in [2.45, 2.75) is 32.8 Å². The molecule has 0 fully saturated rings. The van der Waals surface area contributed by atoms with E-state index in [2.05, 4.69) is 12.2 Å². The topological polar surface area (TPSA) is 38.3 Å². The van der Waals surface area contributed by atoms with Crippen LogP contribution in [0.1, 0.15) is 25.8 Å². The fourth-order valence-corrected chi connectivity index (χ4v) is 1.95. The number of rotatable bonds is 6. The zero-order chi connectivity index (χ0) is 15.1. The summed E-state index contributed by atoms with van der Waals surface area (Å²) in [5, 5.41) is 2.90. The van der Waals surface area contributed by atoms with Gasteiger partial charge in [-0.25, -0.2) is 0 Å². The van der Waals surface area contributed by atoms with Gasteiger partial charge in [-0.05, 0) is 31.0 Å². The molecule has 0 bridgehead atoms. The Labute approximate surface area is 126 Å². The lowest BCUT2D eigenvalue weighted by Crippen LogP contribution is -2.14. The van der Waals surface area contributed by atoms with E-state index >= 15 is 0 Å². The van der Waals surface area contributed by atoms with E-state index in [0.29, 0.717) is 6.42 Å². The molecule has 0 aromatic heterocycles. The van der Waals surface area contributed by atoms with Gasteiger partial charge in [0.2, 0.25) is 5.91 Å². The summed E-state index contributed by atoms with van der Waals surface area (Å²) in [5.41, 5.74) is 1.76. The average Bonchev–Trinajstić information content (AvgIpc) is 2.48. The van der Waals surface area contributed by atoms with Crippen LogP contribution in [-0.4, -0.2) is 12.0 Å². The highest BCUT2D eigenvalue weighted by atomic mass is 16.5. The fourth-order valence-electron chi connectivity index (χ4n) is 1.95. The van der Waals surface area contributed by atoms with Crippen molar-refractivity contribution in [1.29, 1.82) is 0 Å². The van der Waals surface area contributed by atoms with Crippen molar-refractivity contribution in [2.75, 3.05) is 5.32 Å². The van der Waals surface area contributed by atoms with Crippen LogP contribution in [0, 0.1) is 0 Å². The number of hydrogen-bond acceptors (Lipinski definition) is 2. The van der Waals surface area contributed by atoms with E-state index in [9.17, 15) is 4.79 Å². The van der Waals surface area contributed by atoms with E-state index in [1.807, 2.05) is 61.5 Å². The van der Waals surface area contributed by atoms with Crippen LogP contribution in [-0.2, 0) is 11.2 Å². The molecule has 2 aromatic carbocycles. The smallest absolute Gasteiger partial charge is 0.228 e. The van der Waals surface area contributed by atoms with Gasteiger partial charge in [0, 0.05) is 11.8 Å². The molecule has 0 unspecified atom stereocenters. The molecule has 21 heavy (non-hydrogen) atoms. The predicted octanol–water partition coefficient (Wildman–Crippen LogP) is 4.05. The highest BCUT2D eigenvalue weighted by Gasteiger charge is 2.06. The standard InChI is InChI=1S/C18H21NO2/c1-3-14(2)21-17-11-7-10-16(13-17)19-18(20)12-15-8-5-4-6-9-15/h4-11,13-14H,3,12H2,1-2H3,(H,19,20)/t14-/m0/s1. The van der Waals surface area contributed by atoms with Crippen LogP contribution in [0.2, 0.25) is 0 Å². The first-order valence-corrected chi connectivity index (χ1v) is 7.28. The maximum absolute atomic E-state index is 12.0. The Morgan fingerprint density at radius 2 is 1.90 bits per heavy atom. The Balaban J connectivity index is 1.96. The number of ether oxygens (including phenoxy) is 1. The highest BCUT2D eigenvalue weighted by molar-refractivity contribution is 5.92. The van der Waals surface area contributed by atoms with Crippen LogP contribution in [0.3, 0.4) is 0 Å². The zero-order valence-electron chi connectivity index (χ0n) is 12.5. The van der Waals surface area contributed by atoms with Crippen molar-refractivity contribution >= 4 is 11.6 Å². The molecule has 0 aliphatic carbocycles. The highest BCUT2D eigenvalue weighted by Crippen LogP contribution is 2.19. The number of carbonyl (C=O) groups excluding carboxylic acids is 1. The summed E-state index contributed by atoms with van der Waals surface area (Å²) in [7, 11) is 0. The molecule has 0 aliphatic heterocycles. The Morgan fingerprint density at radius 3 is 2.62 bits per heavy atom. The Kier molecular flexibility index (Phi) is 5.38.